The van der Waals surface area contributed by atoms with E-state index < -0.39 is 0 Å². The summed E-state index contributed by atoms with van der Waals surface area (Å²) in [5, 5.41) is 0. The van der Waals surface area contributed by atoms with E-state index in [2.05, 4.69) is 20.8 Å². The molecule has 0 N–H and O–H groups in total. The zero-order chi connectivity index (χ0) is 10.5. The lowest BCUT2D eigenvalue weighted by Crippen LogP contribution is -2.22. The van der Waals surface area contributed by atoms with Crippen molar-refractivity contribution in [2.45, 2.75) is 46.6 Å². The molecule has 2 heteroatoms. The van der Waals surface area contributed by atoms with Crippen LogP contribution in [0.25, 0.3) is 0 Å². The smallest absolute Gasteiger partial charge is 0.302 e. The quantitative estimate of drug-likeness (QED) is 0.635. The minimum atomic E-state index is -0.123. The lowest BCUT2D eigenvalue weighted by Gasteiger charge is -2.21. The molecule has 0 aromatic heterocycles. The predicted molar refractivity (Wildman–Crippen MR) is 54.7 cm³/mol. The van der Waals surface area contributed by atoms with Crippen LogP contribution in [0.15, 0.2) is 0 Å². The number of fused-ring (bicyclic) bond motifs is 1. The van der Waals surface area contributed by atoms with E-state index >= 15 is 0 Å². The van der Waals surface area contributed by atoms with Crippen LogP contribution < -0.4 is 0 Å². The average Bonchev–Trinajstić information content (AvgIpc) is 2.71. The van der Waals surface area contributed by atoms with Gasteiger partial charge in [-0.15, -0.1) is 0 Å². The summed E-state index contributed by atoms with van der Waals surface area (Å²) in [6.45, 7) is 8.33. The van der Waals surface area contributed by atoms with Crippen LogP contribution in [0.1, 0.15) is 40.5 Å². The fraction of sp³-hybridized carbons (Fsp3) is 0.917. The second-order valence-corrected chi connectivity index (χ2v) is 5.41. The first-order chi connectivity index (χ1) is 6.47. The highest BCUT2D eigenvalue weighted by Crippen LogP contribution is 2.69. The van der Waals surface area contributed by atoms with Crippen LogP contribution in [-0.4, -0.2) is 12.1 Å². The van der Waals surface area contributed by atoms with Crippen molar-refractivity contribution in [3.8, 4) is 0 Å². The molecule has 14 heavy (non-hydrogen) atoms. The number of rotatable bonds is 2. The lowest BCUT2D eigenvalue weighted by atomic mass is 9.89. The molecule has 2 fully saturated rings. The summed E-state index contributed by atoms with van der Waals surface area (Å²) in [7, 11) is 0. The molecule has 2 nitrogen and oxygen atoms in total. The van der Waals surface area contributed by atoms with Gasteiger partial charge in [0.05, 0.1) is 0 Å². The normalized spacial score (nSPS) is 45.1. The van der Waals surface area contributed by atoms with Crippen LogP contribution in [0.5, 0.6) is 0 Å². The summed E-state index contributed by atoms with van der Waals surface area (Å²) in [5.41, 5.74) is 0.513. The van der Waals surface area contributed by atoms with Crippen molar-refractivity contribution in [3.63, 3.8) is 0 Å². The Morgan fingerprint density at radius 1 is 1.43 bits per heavy atom. The summed E-state index contributed by atoms with van der Waals surface area (Å²) < 4.78 is 5.36. The SMILES string of the molecule is CC(=O)OC1C[C@@]2(C(C)C)CC2[C@@H]1C. The van der Waals surface area contributed by atoms with Gasteiger partial charge >= 0.3 is 5.97 Å². The van der Waals surface area contributed by atoms with Gasteiger partial charge in [0.2, 0.25) is 0 Å². The van der Waals surface area contributed by atoms with E-state index in [0.717, 1.165) is 18.3 Å². The van der Waals surface area contributed by atoms with E-state index in [1.165, 1.54) is 13.3 Å². The van der Waals surface area contributed by atoms with Gasteiger partial charge in [0, 0.05) is 6.92 Å². The van der Waals surface area contributed by atoms with Gasteiger partial charge in [-0.2, -0.15) is 0 Å². The molecule has 0 amide bonds. The van der Waals surface area contributed by atoms with Crippen molar-refractivity contribution in [3.05, 3.63) is 0 Å². The van der Waals surface area contributed by atoms with Gasteiger partial charge in [0.25, 0.3) is 0 Å². The predicted octanol–water partition coefficient (Wildman–Crippen LogP) is 2.62. The van der Waals surface area contributed by atoms with Crippen molar-refractivity contribution < 1.29 is 9.53 Å². The van der Waals surface area contributed by atoms with E-state index in [9.17, 15) is 4.79 Å². The van der Waals surface area contributed by atoms with Crippen LogP contribution in [0.2, 0.25) is 0 Å². The highest BCUT2D eigenvalue weighted by atomic mass is 16.5. The molecule has 0 heterocycles. The number of hydrogen-bond donors (Lipinski definition) is 0. The molecule has 2 rings (SSSR count). The molecule has 0 spiro atoms. The van der Waals surface area contributed by atoms with E-state index in [4.69, 9.17) is 4.74 Å². The topological polar surface area (TPSA) is 26.3 Å². The molecule has 2 unspecified atom stereocenters. The molecule has 2 aliphatic carbocycles. The van der Waals surface area contributed by atoms with Gasteiger partial charge in [-0.25, -0.2) is 0 Å². The Labute approximate surface area is 86.0 Å². The third kappa shape index (κ3) is 1.27. The second-order valence-electron chi connectivity index (χ2n) is 5.41. The zero-order valence-electron chi connectivity index (χ0n) is 9.54. The van der Waals surface area contributed by atoms with Crippen LogP contribution in [0, 0.1) is 23.2 Å². The van der Waals surface area contributed by atoms with Crippen LogP contribution in [0.3, 0.4) is 0 Å². The van der Waals surface area contributed by atoms with Crippen molar-refractivity contribution in [1.29, 1.82) is 0 Å². The third-order valence-electron chi connectivity index (χ3n) is 4.45. The lowest BCUT2D eigenvalue weighted by molar-refractivity contribution is -0.148. The van der Waals surface area contributed by atoms with Crippen LogP contribution in [0.4, 0.5) is 0 Å². The Hall–Kier alpha value is -0.530. The fourth-order valence-corrected chi connectivity index (χ4v) is 3.38. The minimum absolute atomic E-state index is 0.123. The molecular formula is C12H20O2. The highest BCUT2D eigenvalue weighted by molar-refractivity contribution is 5.66. The zero-order valence-corrected chi connectivity index (χ0v) is 9.54. The number of hydrogen-bond acceptors (Lipinski definition) is 2. The molecule has 2 aliphatic rings. The highest BCUT2D eigenvalue weighted by Gasteiger charge is 2.65. The first-order valence-corrected chi connectivity index (χ1v) is 5.64. The largest absolute Gasteiger partial charge is 0.462 e. The van der Waals surface area contributed by atoms with Gasteiger partial charge in [0.15, 0.2) is 0 Å². The molecule has 80 valence electrons. The van der Waals surface area contributed by atoms with Crippen molar-refractivity contribution in [2.24, 2.45) is 23.2 Å². The molecule has 0 aromatic rings. The summed E-state index contributed by atoms with van der Waals surface area (Å²) in [6, 6.07) is 0. The summed E-state index contributed by atoms with van der Waals surface area (Å²) in [6.07, 6.45) is 2.63. The Morgan fingerprint density at radius 2 is 2.07 bits per heavy atom. The van der Waals surface area contributed by atoms with Crippen molar-refractivity contribution in [1.82, 2.24) is 0 Å². The molecular weight excluding hydrogens is 176 g/mol. The minimum Gasteiger partial charge on any atom is -0.462 e. The standard InChI is InChI=1S/C12H20O2/c1-7(2)12-5-10(12)8(3)11(6-12)14-9(4)13/h7-8,10-11H,5-6H2,1-4H3/t8-,10?,11?,12+/m0/s1. The number of carbonyl (C=O) groups excluding carboxylic acids is 1. The van der Waals surface area contributed by atoms with E-state index in [1.807, 2.05) is 0 Å². The maximum atomic E-state index is 10.9. The van der Waals surface area contributed by atoms with Gasteiger partial charge in [-0.1, -0.05) is 20.8 Å². The van der Waals surface area contributed by atoms with Gasteiger partial charge in [-0.05, 0) is 36.0 Å². The Morgan fingerprint density at radius 3 is 2.50 bits per heavy atom. The first kappa shape index (κ1) is 10.0. The molecule has 0 aromatic carbocycles. The second kappa shape index (κ2) is 2.98. The Balaban J connectivity index is 2.03. The molecule has 0 bridgehead atoms. The number of esters is 1. The average molecular weight is 196 g/mol. The van der Waals surface area contributed by atoms with E-state index in [1.54, 1.807) is 0 Å². The maximum absolute atomic E-state index is 10.9. The molecule has 0 saturated heterocycles. The first-order valence-electron chi connectivity index (χ1n) is 5.64. The van der Waals surface area contributed by atoms with Crippen LogP contribution >= 0.6 is 0 Å². The van der Waals surface area contributed by atoms with Crippen molar-refractivity contribution in [2.75, 3.05) is 0 Å². The monoisotopic (exact) mass is 196 g/mol. The Kier molecular flexibility index (Phi) is 2.13. The van der Waals surface area contributed by atoms with E-state index in [0.29, 0.717) is 11.3 Å². The summed E-state index contributed by atoms with van der Waals surface area (Å²) in [5.74, 6) is 1.99. The maximum Gasteiger partial charge on any atom is 0.302 e. The van der Waals surface area contributed by atoms with Gasteiger partial charge in [-0.3, -0.25) is 4.79 Å². The van der Waals surface area contributed by atoms with Gasteiger partial charge < -0.3 is 4.74 Å². The fourth-order valence-electron chi connectivity index (χ4n) is 3.38. The Bertz CT molecular complexity index is 259. The molecule has 4 atom stereocenters. The third-order valence-corrected chi connectivity index (χ3v) is 4.45. The molecule has 0 radical (unpaired) electrons. The van der Waals surface area contributed by atoms with Gasteiger partial charge in [0.1, 0.15) is 6.10 Å². The van der Waals surface area contributed by atoms with Crippen LogP contribution in [-0.2, 0) is 9.53 Å². The van der Waals surface area contributed by atoms with Crippen molar-refractivity contribution >= 4 is 5.97 Å². The summed E-state index contributed by atoms with van der Waals surface area (Å²) in [4.78, 5) is 10.9. The molecule has 2 saturated carbocycles. The van der Waals surface area contributed by atoms with E-state index in [-0.39, 0.29) is 12.1 Å². The molecule has 0 aliphatic heterocycles. The number of ether oxygens (including phenoxy) is 1. The number of carbonyl (C=O) groups is 1. The summed E-state index contributed by atoms with van der Waals surface area (Å²) >= 11 is 0.